The molecule has 16 heavy (non-hydrogen) atoms. The van der Waals surface area contributed by atoms with Gasteiger partial charge in [-0.05, 0) is 37.9 Å². The Balaban J connectivity index is 2.59. The van der Waals surface area contributed by atoms with Gasteiger partial charge in [-0.3, -0.25) is 0 Å². The van der Waals surface area contributed by atoms with Gasteiger partial charge in [0.15, 0.2) is 0 Å². The summed E-state index contributed by atoms with van der Waals surface area (Å²) in [6.07, 6.45) is 2.19. The highest BCUT2D eigenvalue weighted by Crippen LogP contribution is 2.15. The Bertz CT molecular complexity index is 305. The predicted molar refractivity (Wildman–Crippen MR) is 62.4 cm³/mol. The third kappa shape index (κ3) is 3.56. The first kappa shape index (κ1) is 13.1. The van der Waals surface area contributed by atoms with Crippen molar-refractivity contribution in [1.82, 2.24) is 5.32 Å². The van der Waals surface area contributed by atoms with Crippen LogP contribution in [0.15, 0.2) is 18.2 Å². The standard InChI is InChI=1S/C13H19F2N/c1-3-10(16-4-2)8-9-11-12(14)6-5-7-13(11)15/h5-7,10,16H,3-4,8-9H2,1-2H3. The predicted octanol–water partition coefficient (Wildman–Crippen LogP) is 3.29. The summed E-state index contributed by atoms with van der Waals surface area (Å²) >= 11 is 0. The average Bonchev–Trinajstić information content (AvgIpc) is 2.27. The van der Waals surface area contributed by atoms with E-state index in [-0.39, 0.29) is 5.56 Å². The molecule has 0 aliphatic rings. The van der Waals surface area contributed by atoms with Crippen LogP contribution in [0.4, 0.5) is 8.78 Å². The van der Waals surface area contributed by atoms with Crippen molar-refractivity contribution in [3.05, 3.63) is 35.4 Å². The fourth-order valence-corrected chi connectivity index (χ4v) is 1.83. The van der Waals surface area contributed by atoms with E-state index in [1.807, 2.05) is 6.92 Å². The zero-order chi connectivity index (χ0) is 12.0. The van der Waals surface area contributed by atoms with Crippen LogP contribution < -0.4 is 5.32 Å². The van der Waals surface area contributed by atoms with Crippen LogP contribution in [0, 0.1) is 11.6 Å². The van der Waals surface area contributed by atoms with Crippen molar-refractivity contribution in [3.63, 3.8) is 0 Å². The molecule has 1 nitrogen and oxygen atoms in total. The van der Waals surface area contributed by atoms with Crippen molar-refractivity contribution in [3.8, 4) is 0 Å². The number of halogens is 2. The highest BCUT2D eigenvalue weighted by Gasteiger charge is 2.11. The fraction of sp³-hybridized carbons (Fsp3) is 0.538. The molecule has 1 rings (SSSR count). The molecule has 1 aromatic rings. The van der Waals surface area contributed by atoms with Gasteiger partial charge in [-0.1, -0.05) is 19.9 Å². The number of rotatable bonds is 6. The summed E-state index contributed by atoms with van der Waals surface area (Å²) in [6, 6.07) is 4.36. The minimum atomic E-state index is -0.439. The van der Waals surface area contributed by atoms with Gasteiger partial charge in [0.25, 0.3) is 0 Å². The molecule has 0 bridgehead atoms. The average molecular weight is 227 g/mol. The van der Waals surface area contributed by atoms with Gasteiger partial charge < -0.3 is 5.32 Å². The van der Waals surface area contributed by atoms with Crippen molar-refractivity contribution in [2.24, 2.45) is 0 Å². The first-order chi connectivity index (χ1) is 7.69. The molecule has 0 saturated carbocycles. The van der Waals surface area contributed by atoms with Crippen molar-refractivity contribution in [2.75, 3.05) is 6.54 Å². The normalized spacial score (nSPS) is 12.8. The Morgan fingerprint density at radius 1 is 1.19 bits per heavy atom. The van der Waals surface area contributed by atoms with E-state index in [4.69, 9.17) is 0 Å². The number of hydrogen-bond acceptors (Lipinski definition) is 1. The Hall–Kier alpha value is -0.960. The van der Waals surface area contributed by atoms with Gasteiger partial charge in [-0.2, -0.15) is 0 Å². The quantitative estimate of drug-likeness (QED) is 0.786. The molecule has 0 aliphatic carbocycles. The maximum absolute atomic E-state index is 13.3. The van der Waals surface area contributed by atoms with Gasteiger partial charge in [-0.25, -0.2) is 8.78 Å². The molecule has 1 unspecified atom stereocenters. The molecule has 0 aliphatic heterocycles. The number of benzene rings is 1. The zero-order valence-corrected chi connectivity index (χ0v) is 9.89. The van der Waals surface area contributed by atoms with E-state index in [1.165, 1.54) is 18.2 Å². The molecular formula is C13H19F2N. The lowest BCUT2D eigenvalue weighted by atomic mass is 10.0. The van der Waals surface area contributed by atoms with Crippen molar-refractivity contribution in [2.45, 2.75) is 39.2 Å². The van der Waals surface area contributed by atoms with Gasteiger partial charge in [0.1, 0.15) is 11.6 Å². The summed E-state index contributed by atoms with van der Waals surface area (Å²) < 4.78 is 26.7. The van der Waals surface area contributed by atoms with Crippen molar-refractivity contribution >= 4 is 0 Å². The lowest BCUT2D eigenvalue weighted by molar-refractivity contribution is 0.467. The maximum atomic E-state index is 13.3. The third-order valence-electron chi connectivity index (χ3n) is 2.79. The molecule has 0 amide bonds. The Labute approximate surface area is 95.9 Å². The molecule has 3 heteroatoms. The first-order valence-electron chi connectivity index (χ1n) is 5.85. The van der Waals surface area contributed by atoms with E-state index in [0.717, 1.165) is 19.4 Å². The molecule has 90 valence electrons. The van der Waals surface area contributed by atoms with E-state index < -0.39 is 11.6 Å². The van der Waals surface area contributed by atoms with Crippen LogP contribution in [0.1, 0.15) is 32.3 Å². The molecule has 0 saturated heterocycles. The first-order valence-corrected chi connectivity index (χ1v) is 5.85. The monoisotopic (exact) mass is 227 g/mol. The molecule has 1 aromatic carbocycles. The fourth-order valence-electron chi connectivity index (χ4n) is 1.83. The van der Waals surface area contributed by atoms with E-state index in [0.29, 0.717) is 12.5 Å². The Morgan fingerprint density at radius 2 is 1.81 bits per heavy atom. The van der Waals surface area contributed by atoms with E-state index >= 15 is 0 Å². The Morgan fingerprint density at radius 3 is 2.31 bits per heavy atom. The van der Waals surface area contributed by atoms with Gasteiger partial charge in [0, 0.05) is 11.6 Å². The SMILES string of the molecule is CCNC(CC)CCc1c(F)cccc1F. The Kier molecular flexibility index (Phi) is 5.39. The van der Waals surface area contributed by atoms with Crippen molar-refractivity contribution in [1.29, 1.82) is 0 Å². The number of nitrogens with one attached hydrogen (secondary N) is 1. The molecule has 1 N–H and O–H groups in total. The summed E-state index contributed by atoms with van der Waals surface area (Å²) in [6.45, 7) is 5.00. The highest BCUT2D eigenvalue weighted by atomic mass is 19.1. The molecule has 0 spiro atoms. The van der Waals surface area contributed by atoms with Crippen LogP contribution in [-0.4, -0.2) is 12.6 Å². The molecule has 0 radical (unpaired) electrons. The van der Waals surface area contributed by atoms with Gasteiger partial charge >= 0.3 is 0 Å². The minimum absolute atomic E-state index is 0.207. The lowest BCUT2D eigenvalue weighted by Crippen LogP contribution is -2.28. The molecule has 1 atom stereocenters. The second kappa shape index (κ2) is 6.59. The van der Waals surface area contributed by atoms with Crippen LogP contribution in [0.2, 0.25) is 0 Å². The van der Waals surface area contributed by atoms with E-state index in [9.17, 15) is 8.78 Å². The largest absolute Gasteiger partial charge is 0.314 e. The molecule has 0 fully saturated rings. The summed E-state index contributed by atoms with van der Waals surface area (Å²) in [5.41, 5.74) is 0.207. The topological polar surface area (TPSA) is 12.0 Å². The van der Waals surface area contributed by atoms with Crippen LogP contribution in [0.25, 0.3) is 0 Å². The van der Waals surface area contributed by atoms with E-state index in [1.54, 1.807) is 0 Å². The second-order valence-corrected chi connectivity index (χ2v) is 3.90. The maximum Gasteiger partial charge on any atom is 0.129 e. The summed E-state index contributed by atoms with van der Waals surface area (Å²) in [4.78, 5) is 0. The summed E-state index contributed by atoms with van der Waals surface area (Å²) in [5, 5.41) is 3.30. The van der Waals surface area contributed by atoms with Crippen LogP contribution in [0.3, 0.4) is 0 Å². The molecule has 0 heterocycles. The zero-order valence-electron chi connectivity index (χ0n) is 9.89. The molecular weight excluding hydrogens is 208 g/mol. The minimum Gasteiger partial charge on any atom is -0.314 e. The summed E-state index contributed by atoms with van der Waals surface area (Å²) in [5.74, 6) is -0.877. The van der Waals surface area contributed by atoms with Crippen molar-refractivity contribution < 1.29 is 8.78 Å². The molecule has 0 aromatic heterocycles. The van der Waals surface area contributed by atoms with Crippen LogP contribution >= 0.6 is 0 Å². The summed E-state index contributed by atoms with van der Waals surface area (Å²) in [7, 11) is 0. The second-order valence-electron chi connectivity index (χ2n) is 3.90. The van der Waals surface area contributed by atoms with Gasteiger partial charge in [-0.15, -0.1) is 0 Å². The van der Waals surface area contributed by atoms with Gasteiger partial charge in [0.2, 0.25) is 0 Å². The van der Waals surface area contributed by atoms with Gasteiger partial charge in [0.05, 0.1) is 0 Å². The van der Waals surface area contributed by atoms with E-state index in [2.05, 4.69) is 12.2 Å². The smallest absolute Gasteiger partial charge is 0.129 e. The lowest BCUT2D eigenvalue weighted by Gasteiger charge is -2.15. The van der Waals surface area contributed by atoms with Crippen LogP contribution in [0.5, 0.6) is 0 Å². The third-order valence-corrected chi connectivity index (χ3v) is 2.79. The highest BCUT2D eigenvalue weighted by molar-refractivity contribution is 5.19. The number of hydrogen-bond donors (Lipinski definition) is 1. The van der Waals surface area contributed by atoms with Crippen LogP contribution in [-0.2, 0) is 6.42 Å².